The zero-order valence-corrected chi connectivity index (χ0v) is 9.27. The number of benzene rings is 1. The molecular formula is C11H10Cl2O. The van der Waals surface area contributed by atoms with E-state index >= 15 is 0 Å². The molecule has 1 aromatic carbocycles. The number of hydrogen-bond acceptors (Lipinski definition) is 1. The Balaban J connectivity index is 3.10. The molecule has 3 heteroatoms. The average molecular weight is 229 g/mol. The fourth-order valence-electron chi connectivity index (χ4n) is 1.07. The largest absolute Gasteiger partial charge is 0.298 e. The van der Waals surface area contributed by atoms with Crippen LogP contribution < -0.4 is 0 Å². The molecule has 0 aliphatic rings. The van der Waals surface area contributed by atoms with E-state index in [1.165, 1.54) is 0 Å². The number of carbonyl (C=O) groups is 1. The SMILES string of the molecule is CC/C(C=O)=C(\Cl)c1ccc(Cl)cc1. The van der Waals surface area contributed by atoms with Gasteiger partial charge in [-0.15, -0.1) is 0 Å². The smallest absolute Gasteiger partial charge is 0.147 e. The van der Waals surface area contributed by atoms with Gasteiger partial charge in [0.05, 0.1) is 5.03 Å². The molecule has 0 heterocycles. The van der Waals surface area contributed by atoms with Crippen molar-refractivity contribution < 1.29 is 4.79 Å². The van der Waals surface area contributed by atoms with Crippen LogP contribution in [0.3, 0.4) is 0 Å². The molecule has 1 rings (SSSR count). The monoisotopic (exact) mass is 228 g/mol. The molecule has 1 aromatic rings. The standard InChI is InChI=1S/C11H10Cl2O/c1-2-8(7-14)11(13)9-3-5-10(12)6-4-9/h3-7H,2H2,1H3/b11-8+. The minimum absolute atomic E-state index is 0.499. The van der Waals surface area contributed by atoms with Gasteiger partial charge in [-0.25, -0.2) is 0 Å². The van der Waals surface area contributed by atoms with E-state index in [-0.39, 0.29) is 0 Å². The Morgan fingerprint density at radius 3 is 2.36 bits per heavy atom. The molecule has 1 nitrogen and oxygen atoms in total. The molecule has 0 aliphatic carbocycles. The van der Waals surface area contributed by atoms with E-state index in [1.807, 2.05) is 6.92 Å². The minimum atomic E-state index is 0.499. The maximum Gasteiger partial charge on any atom is 0.147 e. The van der Waals surface area contributed by atoms with Crippen LogP contribution in [0.25, 0.3) is 5.03 Å². The maximum atomic E-state index is 10.6. The molecule has 0 amide bonds. The van der Waals surface area contributed by atoms with Crippen molar-refractivity contribution in [2.24, 2.45) is 0 Å². The molecule has 0 aliphatic heterocycles. The van der Waals surface area contributed by atoms with Gasteiger partial charge in [0, 0.05) is 10.6 Å². The van der Waals surface area contributed by atoms with Crippen LogP contribution in [0.2, 0.25) is 5.02 Å². The first-order valence-corrected chi connectivity index (χ1v) is 5.04. The van der Waals surface area contributed by atoms with Crippen molar-refractivity contribution in [1.82, 2.24) is 0 Å². The first kappa shape index (κ1) is 11.3. The van der Waals surface area contributed by atoms with E-state index in [1.54, 1.807) is 24.3 Å². The van der Waals surface area contributed by atoms with E-state index in [9.17, 15) is 4.79 Å². The number of rotatable bonds is 3. The molecule has 0 unspecified atom stereocenters. The predicted octanol–water partition coefficient (Wildman–Crippen LogP) is 3.90. The molecule has 0 aromatic heterocycles. The minimum Gasteiger partial charge on any atom is -0.298 e. The summed E-state index contributed by atoms with van der Waals surface area (Å²) in [5, 5.41) is 1.15. The molecule has 0 fully saturated rings. The zero-order valence-electron chi connectivity index (χ0n) is 7.76. The van der Waals surface area contributed by atoms with Gasteiger partial charge in [0.15, 0.2) is 0 Å². The van der Waals surface area contributed by atoms with Crippen molar-refractivity contribution in [1.29, 1.82) is 0 Å². The third-order valence-electron chi connectivity index (χ3n) is 1.90. The van der Waals surface area contributed by atoms with Gasteiger partial charge in [0.25, 0.3) is 0 Å². The lowest BCUT2D eigenvalue weighted by atomic mass is 10.1. The van der Waals surface area contributed by atoms with Crippen molar-refractivity contribution in [3.63, 3.8) is 0 Å². The summed E-state index contributed by atoms with van der Waals surface area (Å²) in [7, 11) is 0. The summed E-state index contributed by atoms with van der Waals surface area (Å²) < 4.78 is 0. The Bertz CT molecular complexity index is 352. The lowest BCUT2D eigenvalue weighted by Crippen LogP contribution is -1.87. The van der Waals surface area contributed by atoms with Gasteiger partial charge in [0.2, 0.25) is 0 Å². The summed E-state index contributed by atoms with van der Waals surface area (Å²) in [6.45, 7) is 1.89. The number of hydrogen-bond donors (Lipinski definition) is 0. The Morgan fingerprint density at radius 1 is 1.36 bits per heavy atom. The van der Waals surface area contributed by atoms with Crippen molar-refractivity contribution in [3.05, 3.63) is 40.4 Å². The maximum absolute atomic E-state index is 10.6. The Labute approximate surface area is 93.3 Å². The summed E-state index contributed by atoms with van der Waals surface area (Å²) in [6.07, 6.45) is 1.42. The first-order chi connectivity index (χ1) is 6.69. The third-order valence-corrected chi connectivity index (χ3v) is 2.62. The van der Waals surface area contributed by atoms with E-state index in [0.717, 1.165) is 11.8 Å². The summed E-state index contributed by atoms with van der Waals surface area (Å²) >= 11 is 11.8. The Kier molecular flexibility index (Phi) is 4.18. The molecule has 0 radical (unpaired) electrons. The third kappa shape index (κ3) is 2.60. The highest BCUT2D eigenvalue weighted by Gasteiger charge is 2.04. The first-order valence-electron chi connectivity index (χ1n) is 4.28. The lowest BCUT2D eigenvalue weighted by molar-refractivity contribution is -0.104. The lowest BCUT2D eigenvalue weighted by Gasteiger charge is -2.02. The number of carbonyl (C=O) groups excluding carboxylic acids is 1. The van der Waals surface area contributed by atoms with Gasteiger partial charge in [-0.3, -0.25) is 4.79 Å². The predicted molar refractivity (Wildman–Crippen MR) is 60.6 cm³/mol. The van der Waals surface area contributed by atoms with Gasteiger partial charge < -0.3 is 0 Å². The molecular weight excluding hydrogens is 219 g/mol. The average Bonchev–Trinajstić information content (AvgIpc) is 2.20. The van der Waals surface area contributed by atoms with Gasteiger partial charge in [-0.1, -0.05) is 42.3 Å². The second kappa shape index (κ2) is 5.18. The van der Waals surface area contributed by atoms with Crippen LogP contribution in [-0.4, -0.2) is 6.29 Å². The van der Waals surface area contributed by atoms with Crippen LogP contribution in [0, 0.1) is 0 Å². The van der Waals surface area contributed by atoms with Crippen LogP contribution in [-0.2, 0) is 4.79 Å². The molecule has 0 saturated heterocycles. The van der Waals surface area contributed by atoms with Crippen molar-refractivity contribution in [2.45, 2.75) is 13.3 Å². The fraction of sp³-hybridized carbons (Fsp3) is 0.182. The number of allylic oxidation sites excluding steroid dienone is 1. The topological polar surface area (TPSA) is 17.1 Å². The molecule has 0 atom stereocenters. The van der Waals surface area contributed by atoms with Crippen LogP contribution in [0.1, 0.15) is 18.9 Å². The quantitative estimate of drug-likeness (QED) is 0.567. The Morgan fingerprint density at radius 2 is 1.93 bits per heavy atom. The highest BCUT2D eigenvalue weighted by molar-refractivity contribution is 6.50. The molecule has 0 N–H and O–H groups in total. The fourth-order valence-corrected chi connectivity index (χ4v) is 1.50. The van der Waals surface area contributed by atoms with Crippen LogP contribution in [0.15, 0.2) is 29.8 Å². The molecule has 0 saturated carbocycles. The molecule has 74 valence electrons. The highest BCUT2D eigenvalue weighted by atomic mass is 35.5. The van der Waals surface area contributed by atoms with Crippen LogP contribution in [0.5, 0.6) is 0 Å². The Hall–Kier alpha value is -0.790. The molecule has 14 heavy (non-hydrogen) atoms. The zero-order chi connectivity index (χ0) is 10.6. The van der Waals surface area contributed by atoms with E-state index < -0.39 is 0 Å². The molecule has 0 bridgehead atoms. The van der Waals surface area contributed by atoms with E-state index in [2.05, 4.69) is 0 Å². The van der Waals surface area contributed by atoms with Crippen molar-refractivity contribution in [2.75, 3.05) is 0 Å². The number of aldehydes is 1. The summed E-state index contributed by atoms with van der Waals surface area (Å²) in [6, 6.07) is 7.09. The van der Waals surface area contributed by atoms with E-state index in [0.29, 0.717) is 22.0 Å². The van der Waals surface area contributed by atoms with E-state index in [4.69, 9.17) is 23.2 Å². The second-order valence-electron chi connectivity index (χ2n) is 2.82. The van der Waals surface area contributed by atoms with Gasteiger partial charge >= 0.3 is 0 Å². The molecule has 0 spiro atoms. The second-order valence-corrected chi connectivity index (χ2v) is 3.63. The van der Waals surface area contributed by atoms with Crippen LogP contribution >= 0.6 is 23.2 Å². The van der Waals surface area contributed by atoms with Crippen molar-refractivity contribution >= 4 is 34.5 Å². The summed E-state index contributed by atoms with van der Waals surface area (Å²) in [5.41, 5.74) is 1.43. The van der Waals surface area contributed by atoms with Gasteiger partial charge in [-0.05, 0) is 24.1 Å². The highest BCUT2D eigenvalue weighted by Crippen LogP contribution is 2.24. The van der Waals surface area contributed by atoms with Crippen molar-refractivity contribution in [3.8, 4) is 0 Å². The van der Waals surface area contributed by atoms with Crippen LogP contribution in [0.4, 0.5) is 0 Å². The summed E-state index contributed by atoms with van der Waals surface area (Å²) in [5.74, 6) is 0. The summed E-state index contributed by atoms with van der Waals surface area (Å²) in [4.78, 5) is 10.6. The number of halogens is 2. The normalized spacial score (nSPS) is 12.2. The van der Waals surface area contributed by atoms with Gasteiger partial charge in [-0.2, -0.15) is 0 Å². The van der Waals surface area contributed by atoms with Gasteiger partial charge in [0.1, 0.15) is 6.29 Å².